The average Bonchev–Trinajstić information content (AvgIpc) is 3.84. The number of carbonyl (C=O) groups is 5. The van der Waals surface area contributed by atoms with Crippen molar-refractivity contribution in [1.82, 2.24) is 34.9 Å². The predicted molar refractivity (Wildman–Crippen MR) is 229 cm³/mol. The Balaban J connectivity index is 0.781. The Hall–Kier alpha value is -5.40. The summed E-state index contributed by atoms with van der Waals surface area (Å²) in [5, 5.41) is 5.35. The molecular formula is C45H52ClF4N9O6. The van der Waals surface area contributed by atoms with E-state index in [0.29, 0.717) is 72.5 Å². The number of unbranched alkanes of at least 4 members (excludes halogenated alkanes) is 1. The third kappa shape index (κ3) is 9.63. The molecule has 0 aliphatic carbocycles. The van der Waals surface area contributed by atoms with Gasteiger partial charge in [0.2, 0.25) is 23.0 Å². The number of methoxy groups -OCH3 is 1. The number of likely N-dealkylation sites (tertiary alicyclic amines) is 2. The molecule has 5 aliphatic heterocycles. The monoisotopic (exact) mass is 925 g/mol. The molecule has 20 heteroatoms. The van der Waals surface area contributed by atoms with Crippen LogP contribution in [0.2, 0.25) is 5.28 Å². The van der Waals surface area contributed by atoms with E-state index in [1.807, 2.05) is 0 Å². The van der Waals surface area contributed by atoms with E-state index in [4.69, 9.17) is 22.1 Å². The van der Waals surface area contributed by atoms with Crippen LogP contribution in [0.25, 0.3) is 0 Å². The van der Waals surface area contributed by atoms with Crippen molar-refractivity contribution < 1.29 is 46.3 Å². The van der Waals surface area contributed by atoms with E-state index in [9.17, 15) is 37.1 Å². The molecule has 5 aliphatic rings. The third-order valence-corrected chi connectivity index (χ3v) is 13.9. The molecule has 1 unspecified atom stereocenters. The zero-order valence-electron chi connectivity index (χ0n) is 36.2. The fourth-order valence-electron chi connectivity index (χ4n) is 9.94. The first kappa shape index (κ1) is 46.1. The van der Waals surface area contributed by atoms with Gasteiger partial charge in [0.15, 0.2) is 0 Å². The van der Waals surface area contributed by atoms with E-state index in [0.717, 1.165) is 51.0 Å². The smallest absolute Gasteiger partial charge is 0.399 e. The quantitative estimate of drug-likeness (QED) is 0.0666. The maximum atomic E-state index is 15.4. The summed E-state index contributed by atoms with van der Waals surface area (Å²) < 4.78 is 61.9. The van der Waals surface area contributed by atoms with E-state index in [1.165, 1.54) is 24.1 Å². The molecule has 3 aromatic rings. The summed E-state index contributed by atoms with van der Waals surface area (Å²) >= 11 is 6.27. The average molecular weight is 926 g/mol. The fourth-order valence-corrected chi connectivity index (χ4v) is 10.1. The Morgan fingerprint density at radius 2 is 1.72 bits per heavy atom. The molecule has 0 saturated carbocycles. The summed E-state index contributed by atoms with van der Waals surface area (Å²) in [4.78, 5) is 80.4. The summed E-state index contributed by atoms with van der Waals surface area (Å²) in [6.45, 7) is 5.13. The number of benzene rings is 2. The minimum absolute atomic E-state index is 0.00783. The maximum absolute atomic E-state index is 15.4. The van der Waals surface area contributed by atoms with Gasteiger partial charge in [-0.2, -0.15) is 13.2 Å². The molecule has 348 valence electrons. The zero-order chi connectivity index (χ0) is 46.4. The van der Waals surface area contributed by atoms with E-state index < -0.39 is 47.1 Å². The Bertz CT molecular complexity index is 2390. The number of nitrogens with two attached hydrogens (primary N) is 1. The zero-order valence-corrected chi connectivity index (χ0v) is 37.0. The normalized spacial score (nSPS) is 20.8. The topological polar surface area (TPSA) is 183 Å². The van der Waals surface area contributed by atoms with Gasteiger partial charge in [0.1, 0.15) is 23.3 Å². The van der Waals surface area contributed by atoms with E-state index in [-0.39, 0.29) is 72.6 Å². The van der Waals surface area contributed by atoms with Crippen molar-refractivity contribution in [2.45, 2.75) is 114 Å². The molecule has 4 N–H and O–H groups in total. The number of imide groups is 1. The van der Waals surface area contributed by atoms with Crippen molar-refractivity contribution in [2.24, 2.45) is 0 Å². The Kier molecular flexibility index (Phi) is 13.1. The second-order valence-electron chi connectivity index (χ2n) is 17.8. The Morgan fingerprint density at radius 3 is 2.42 bits per heavy atom. The number of nitrogens with one attached hydrogen (secondary N) is 2. The van der Waals surface area contributed by atoms with Crippen molar-refractivity contribution in [3.8, 4) is 0 Å². The van der Waals surface area contributed by atoms with Gasteiger partial charge in [0.25, 0.3) is 11.8 Å². The molecule has 0 spiro atoms. The van der Waals surface area contributed by atoms with Crippen LogP contribution >= 0.6 is 11.6 Å². The standard InChI is InChI=1S/C45H52ClF4N9O6/c1-25(27-17-29(45(48,49)50)20-30(51)18-27)52-39-33-23-58(24-35(33)53-43(46)55-39)42(64)44(65-2)10-15-57(16-11-44)38(61)5-3-4-12-56-13-8-26(9-14-56)31-19-28-22-59(41(63)32(28)21-34(31)47)36-6-7-37(60)54-40(36)62/h17-21,25-26,36H,3-16,22-24,51H2,1-2H3,(H,52,53,55)(H,54,60,62)/t25-,36?/m1/s1. The number of alkyl halides is 3. The van der Waals surface area contributed by atoms with Crippen LogP contribution in [0.5, 0.6) is 0 Å². The Morgan fingerprint density at radius 1 is 0.985 bits per heavy atom. The molecule has 1 aromatic heterocycles. The lowest BCUT2D eigenvalue weighted by Gasteiger charge is -2.41. The molecule has 65 heavy (non-hydrogen) atoms. The first-order valence-corrected chi connectivity index (χ1v) is 22.4. The third-order valence-electron chi connectivity index (χ3n) is 13.7. The molecule has 15 nitrogen and oxygen atoms in total. The summed E-state index contributed by atoms with van der Waals surface area (Å²) in [6, 6.07) is 5.01. The first-order chi connectivity index (χ1) is 30.9. The van der Waals surface area contributed by atoms with Crippen molar-refractivity contribution in [1.29, 1.82) is 0 Å². The van der Waals surface area contributed by atoms with Gasteiger partial charge >= 0.3 is 6.18 Å². The molecule has 6 heterocycles. The molecule has 8 rings (SSSR count). The van der Waals surface area contributed by atoms with Gasteiger partial charge in [-0.25, -0.2) is 14.4 Å². The highest BCUT2D eigenvalue weighted by atomic mass is 35.5. The number of hydrogen-bond acceptors (Lipinski definition) is 11. The van der Waals surface area contributed by atoms with Crippen LogP contribution in [-0.4, -0.2) is 111 Å². The predicted octanol–water partition coefficient (Wildman–Crippen LogP) is 5.70. The number of nitrogen functional groups attached to an aromatic ring is 1. The van der Waals surface area contributed by atoms with Crippen LogP contribution in [0, 0.1) is 5.82 Å². The maximum Gasteiger partial charge on any atom is 0.416 e. The molecule has 0 radical (unpaired) electrons. The van der Waals surface area contributed by atoms with Gasteiger partial charge in [-0.1, -0.05) is 6.07 Å². The number of fused-ring (bicyclic) bond motifs is 2. The number of halogens is 5. The Labute approximate surface area is 378 Å². The molecule has 0 bridgehead atoms. The lowest BCUT2D eigenvalue weighted by molar-refractivity contribution is -0.164. The lowest BCUT2D eigenvalue weighted by atomic mass is 9.87. The molecular weight excluding hydrogens is 874 g/mol. The summed E-state index contributed by atoms with van der Waals surface area (Å²) in [5.41, 5.74) is 6.65. The number of nitrogens with zero attached hydrogens (tertiary/aromatic N) is 6. The number of ether oxygens (including phenoxy) is 1. The highest BCUT2D eigenvalue weighted by Gasteiger charge is 2.47. The minimum Gasteiger partial charge on any atom is -0.399 e. The lowest BCUT2D eigenvalue weighted by Crippen LogP contribution is -2.55. The van der Waals surface area contributed by atoms with Crippen LogP contribution in [0.15, 0.2) is 30.3 Å². The largest absolute Gasteiger partial charge is 0.416 e. The molecule has 2 atom stereocenters. The fraction of sp³-hybridized carbons (Fsp3) is 0.533. The minimum atomic E-state index is -4.58. The van der Waals surface area contributed by atoms with Crippen molar-refractivity contribution in [2.75, 3.05) is 50.9 Å². The second-order valence-corrected chi connectivity index (χ2v) is 18.1. The van der Waals surface area contributed by atoms with E-state index in [2.05, 4.69) is 25.5 Å². The summed E-state index contributed by atoms with van der Waals surface area (Å²) in [7, 11) is 1.48. The van der Waals surface area contributed by atoms with Gasteiger partial charge in [-0.15, -0.1) is 0 Å². The SMILES string of the molecule is COC1(C(=O)N2Cc3nc(Cl)nc(N[C@H](C)c4cc(N)cc(C(F)(F)F)c4)c3C2)CCN(C(=O)CCCCN2CCC(c3cc4c(cc3F)C(=O)N(C3CCC(=O)NC3=O)C4)CC2)CC1. The van der Waals surface area contributed by atoms with Gasteiger partial charge in [0, 0.05) is 69.2 Å². The highest BCUT2D eigenvalue weighted by Crippen LogP contribution is 2.39. The first-order valence-electron chi connectivity index (χ1n) is 22.0. The van der Waals surface area contributed by atoms with Crippen LogP contribution in [-0.2, 0) is 49.7 Å². The summed E-state index contributed by atoms with van der Waals surface area (Å²) in [6.07, 6.45) is -0.255. The van der Waals surface area contributed by atoms with Crippen LogP contribution in [0.1, 0.15) is 121 Å². The van der Waals surface area contributed by atoms with Crippen molar-refractivity contribution >= 4 is 52.6 Å². The highest BCUT2D eigenvalue weighted by molar-refractivity contribution is 6.28. The number of carbonyl (C=O) groups excluding carboxylic acids is 5. The van der Waals surface area contributed by atoms with Crippen molar-refractivity contribution in [3.63, 3.8) is 0 Å². The van der Waals surface area contributed by atoms with Gasteiger partial charge in [-0.05, 0) is 117 Å². The molecule has 5 amide bonds. The second kappa shape index (κ2) is 18.5. The van der Waals surface area contributed by atoms with Gasteiger partial charge in [0.05, 0.1) is 30.4 Å². The van der Waals surface area contributed by atoms with E-state index in [1.54, 1.807) is 22.8 Å². The number of piperidine rings is 3. The van der Waals surface area contributed by atoms with Crippen LogP contribution < -0.4 is 16.4 Å². The molecule has 3 fully saturated rings. The van der Waals surface area contributed by atoms with Crippen LogP contribution in [0.3, 0.4) is 0 Å². The van der Waals surface area contributed by atoms with Gasteiger partial charge < -0.3 is 35.4 Å². The number of rotatable bonds is 12. The molecule has 3 saturated heterocycles. The number of hydrogen-bond donors (Lipinski definition) is 3. The summed E-state index contributed by atoms with van der Waals surface area (Å²) in [5.74, 6) is -1.66. The number of anilines is 2. The number of amides is 5. The van der Waals surface area contributed by atoms with Gasteiger partial charge in [-0.3, -0.25) is 29.3 Å². The van der Waals surface area contributed by atoms with E-state index >= 15 is 4.39 Å². The molecule has 2 aromatic carbocycles. The number of aromatic nitrogens is 2. The van der Waals surface area contributed by atoms with Crippen molar-refractivity contribution in [3.05, 3.63) is 80.5 Å². The van der Waals surface area contributed by atoms with Crippen LogP contribution in [0.4, 0.5) is 29.1 Å².